The van der Waals surface area contributed by atoms with Crippen molar-refractivity contribution >= 4 is 11.8 Å². The van der Waals surface area contributed by atoms with Gasteiger partial charge in [-0.2, -0.15) is 0 Å². The maximum absolute atomic E-state index is 12.9. The SMILES string of the molecule is Cc1cccc(C(=O)NCc2cc(Cc3cc(CNC(=O)c4cccc(C)c4)cc(C(C)(C)C)c3O)c(O)c(C(C)(C)C)c2)c1. The number of phenolic OH excluding ortho intramolecular Hbond substituents is 2. The van der Waals surface area contributed by atoms with Crippen LogP contribution in [0.5, 0.6) is 11.5 Å². The van der Waals surface area contributed by atoms with Gasteiger partial charge in [-0.3, -0.25) is 9.59 Å². The van der Waals surface area contributed by atoms with Crippen LogP contribution in [0.25, 0.3) is 0 Å². The molecule has 0 saturated carbocycles. The van der Waals surface area contributed by atoms with E-state index >= 15 is 0 Å². The second-order valence-electron chi connectivity index (χ2n) is 14.1. The third kappa shape index (κ3) is 8.33. The van der Waals surface area contributed by atoms with Crippen molar-refractivity contribution in [3.05, 3.63) is 128 Å². The summed E-state index contributed by atoms with van der Waals surface area (Å²) in [4.78, 5) is 25.8. The number of hydrogen-bond acceptors (Lipinski definition) is 4. The average Bonchev–Trinajstić information content (AvgIpc) is 2.96. The Bertz CT molecular complexity index is 1600. The normalized spacial score (nSPS) is 11.7. The molecule has 4 aromatic carbocycles. The van der Waals surface area contributed by atoms with Gasteiger partial charge in [-0.05, 0) is 107 Å². The predicted molar refractivity (Wildman–Crippen MR) is 181 cm³/mol. The molecular formula is C39H46N2O4. The van der Waals surface area contributed by atoms with Gasteiger partial charge in [-0.15, -0.1) is 0 Å². The van der Waals surface area contributed by atoms with Gasteiger partial charge < -0.3 is 20.8 Å². The number of benzene rings is 4. The van der Waals surface area contributed by atoms with Crippen LogP contribution in [0.15, 0.2) is 72.8 Å². The summed E-state index contributed by atoms with van der Waals surface area (Å²) < 4.78 is 0. The highest BCUT2D eigenvalue weighted by molar-refractivity contribution is 5.94. The first kappa shape index (κ1) is 33.3. The lowest BCUT2D eigenvalue weighted by Crippen LogP contribution is -2.24. The lowest BCUT2D eigenvalue weighted by Gasteiger charge is -2.25. The van der Waals surface area contributed by atoms with Crippen molar-refractivity contribution < 1.29 is 19.8 Å². The van der Waals surface area contributed by atoms with Gasteiger partial charge in [0.1, 0.15) is 11.5 Å². The van der Waals surface area contributed by atoms with E-state index in [1.54, 1.807) is 12.1 Å². The first-order valence-corrected chi connectivity index (χ1v) is 15.4. The summed E-state index contributed by atoms with van der Waals surface area (Å²) in [6.45, 7) is 16.7. The maximum Gasteiger partial charge on any atom is 0.251 e. The van der Waals surface area contributed by atoms with Crippen molar-refractivity contribution in [2.75, 3.05) is 0 Å². The van der Waals surface area contributed by atoms with Gasteiger partial charge in [0.2, 0.25) is 0 Å². The lowest BCUT2D eigenvalue weighted by molar-refractivity contribution is 0.0943. The van der Waals surface area contributed by atoms with E-state index in [-0.39, 0.29) is 53.7 Å². The Balaban J connectivity index is 1.67. The van der Waals surface area contributed by atoms with E-state index < -0.39 is 0 Å². The number of rotatable bonds is 8. The monoisotopic (exact) mass is 606 g/mol. The molecule has 45 heavy (non-hydrogen) atoms. The number of nitrogens with one attached hydrogen (secondary N) is 2. The smallest absolute Gasteiger partial charge is 0.251 e. The Morgan fingerprint density at radius 3 is 1.31 bits per heavy atom. The minimum atomic E-state index is -0.365. The third-order valence-electron chi connectivity index (χ3n) is 7.96. The van der Waals surface area contributed by atoms with Gasteiger partial charge in [0.25, 0.3) is 11.8 Å². The van der Waals surface area contributed by atoms with Crippen LogP contribution >= 0.6 is 0 Å². The van der Waals surface area contributed by atoms with Crippen LogP contribution in [-0.4, -0.2) is 22.0 Å². The fourth-order valence-corrected chi connectivity index (χ4v) is 5.48. The molecule has 6 nitrogen and oxygen atoms in total. The zero-order valence-corrected chi connectivity index (χ0v) is 27.8. The Morgan fingerprint density at radius 2 is 0.978 bits per heavy atom. The molecule has 0 heterocycles. The molecule has 4 aromatic rings. The molecule has 0 fully saturated rings. The molecule has 4 N–H and O–H groups in total. The van der Waals surface area contributed by atoms with E-state index in [1.807, 2.05) is 116 Å². The van der Waals surface area contributed by atoms with Crippen molar-refractivity contribution in [1.82, 2.24) is 10.6 Å². The predicted octanol–water partition coefficient (Wildman–Crippen LogP) is 7.76. The molecule has 0 aromatic heterocycles. The molecule has 0 spiro atoms. The minimum Gasteiger partial charge on any atom is -0.507 e. The highest BCUT2D eigenvalue weighted by Gasteiger charge is 2.25. The van der Waals surface area contributed by atoms with Crippen molar-refractivity contribution in [3.63, 3.8) is 0 Å². The second kappa shape index (κ2) is 13.2. The quantitative estimate of drug-likeness (QED) is 0.165. The number of carbonyl (C=O) groups is 2. The molecule has 4 rings (SSSR count). The average molecular weight is 607 g/mol. The zero-order valence-electron chi connectivity index (χ0n) is 27.8. The largest absolute Gasteiger partial charge is 0.507 e. The van der Waals surface area contributed by atoms with Gasteiger partial charge in [0, 0.05) is 30.6 Å². The third-order valence-corrected chi connectivity index (χ3v) is 7.96. The molecule has 0 aliphatic carbocycles. The van der Waals surface area contributed by atoms with Gasteiger partial charge in [-0.25, -0.2) is 0 Å². The highest BCUT2D eigenvalue weighted by atomic mass is 16.3. The van der Waals surface area contributed by atoms with E-state index in [1.165, 1.54) is 0 Å². The van der Waals surface area contributed by atoms with E-state index in [0.717, 1.165) is 33.4 Å². The van der Waals surface area contributed by atoms with Crippen molar-refractivity contribution in [2.24, 2.45) is 0 Å². The lowest BCUT2D eigenvalue weighted by atomic mass is 9.81. The summed E-state index contributed by atoms with van der Waals surface area (Å²) >= 11 is 0. The van der Waals surface area contributed by atoms with Gasteiger partial charge in [0.05, 0.1) is 0 Å². The van der Waals surface area contributed by atoms with Gasteiger partial charge in [0.15, 0.2) is 0 Å². The maximum atomic E-state index is 12.9. The van der Waals surface area contributed by atoms with E-state index in [9.17, 15) is 19.8 Å². The minimum absolute atomic E-state index is 0.168. The number of aryl methyl sites for hydroxylation is 2. The van der Waals surface area contributed by atoms with Crippen molar-refractivity contribution in [1.29, 1.82) is 0 Å². The van der Waals surface area contributed by atoms with Crippen LogP contribution in [0.3, 0.4) is 0 Å². The Labute approximate surface area is 267 Å². The topological polar surface area (TPSA) is 98.7 Å². The molecule has 0 saturated heterocycles. The van der Waals surface area contributed by atoms with E-state index in [2.05, 4.69) is 10.6 Å². The molecular weight excluding hydrogens is 560 g/mol. The summed E-state index contributed by atoms with van der Waals surface area (Å²) in [7, 11) is 0. The van der Waals surface area contributed by atoms with Crippen molar-refractivity contribution in [2.45, 2.75) is 85.7 Å². The first-order chi connectivity index (χ1) is 21.0. The van der Waals surface area contributed by atoms with Gasteiger partial charge in [-0.1, -0.05) is 76.9 Å². The number of aromatic hydroxyl groups is 2. The number of carbonyl (C=O) groups excluding carboxylic acids is 2. The van der Waals surface area contributed by atoms with E-state index in [0.29, 0.717) is 22.3 Å². The van der Waals surface area contributed by atoms with Crippen LogP contribution in [0.4, 0.5) is 0 Å². The number of hydrogen-bond donors (Lipinski definition) is 4. The van der Waals surface area contributed by atoms with Gasteiger partial charge >= 0.3 is 0 Å². The van der Waals surface area contributed by atoms with Crippen LogP contribution in [0.1, 0.15) is 107 Å². The summed E-state index contributed by atoms with van der Waals surface area (Å²) in [5.41, 5.74) is 7.01. The van der Waals surface area contributed by atoms with E-state index in [4.69, 9.17) is 0 Å². The van der Waals surface area contributed by atoms with Crippen LogP contribution < -0.4 is 10.6 Å². The molecule has 0 atom stereocenters. The molecule has 0 aliphatic heterocycles. The van der Waals surface area contributed by atoms with Crippen LogP contribution in [0, 0.1) is 13.8 Å². The molecule has 0 bridgehead atoms. The number of phenols is 2. The summed E-state index contributed by atoms with van der Waals surface area (Å²) in [5, 5.41) is 29.0. The second-order valence-corrected chi connectivity index (χ2v) is 14.1. The van der Waals surface area contributed by atoms with Crippen molar-refractivity contribution in [3.8, 4) is 11.5 Å². The highest BCUT2D eigenvalue weighted by Crippen LogP contribution is 2.39. The molecule has 0 aliphatic rings. The summed E-state index contributed by atoms with van der Waals surface area (Å²) in [5.74, 6) is 0.00858. The fraction of sp³-hybridized carbons (Fsp3) is 0.333. The fourth-order valence-electron chi connectivity index (χ4n) is 5.48. The molecule has 2 amide bonds. The Hall–Kier alpha value is -4.58. The molecule has 6 heteroatoms. The summed E-state index contributed by atoms with van der Waals surface area (Å²) in [6.07, 6.45) is 0.267. The number of amides is 2. The van der Waals surface area contributed by atoms with Crippen LogP contribution in [0.2, 0.25) is 0 Å². The Morgan fingerprint density at radius 1 is 0.600 bits per heavy atom. The first-order valence-electron chi connectivity index (χ1n) is 15.4. The molecule has 0 radical (unpaired) electrons. The molecule has 0 unspecified atom stereocenters. The zero-order chi connectivity index (χ0) is 33.1. The van der Waals surface area contributed by atoms with Crippen LogP contribution in [-0.2, 0) is 30.3 Å². The standard InChI is InChI=1S/C39H46N2O4/c1-24-11-9-13-28(15-24)36(44)40-22-26-17-30(34(42)32(19-26)38(3,4)5)21-31-18-27(20-33(35(31)43)39(6,7)8)23-41-37(45)29-14-10-12-25(2)16-29/h9-20,42-43H,21-23H2,1-8H3,(H,40,44)(H,41,45). The molecule has 236 valence electrons. The Kier molecular flexibility index (Phi) is 9.76. The summed E-state index contributed by atoms with van der Waals surface area (Å²) in [6, 6.07) is 22.6.